The Hall–Kier alpha value is -2.38. The second-order valence-corrected chi connectivity index (χ2v) is 5.03. The lowest BCUT2D eigenvalue weighted by Gasteiger charge is -2.46. The van der Waals surface area contributed by atoms with E-state index < -0.39 is 53.5 Å². The largest absolute Gasteiger partial charge is 0.481 e. The van der Waals surface area contributed by atoms with Gasteiger partial charge in [-0.05, 0) is 12.3 Å². The van der Waals surface area contributed by atoms with E-state index in [1.54, 1.807) is 0 Å². The van der Waals surface area contributed by atoms with E-state index in [1.165, 1.54) is 6.08 Å². The van der Waals surface area contributed by atoms with E-state index in [0.29, 0.717) is 0 Å². The van der Waals surface area contributed by atoms with Crippen LogP contribution in [-0.2, 0) is 19.2 Å². The normalized spacial score (nSPS) is 35.2. The molecular formula is C12H12O8. The summed E-state index contributed by atoms with van der Waals surface area (Å²) in [6, 6.07) is 0. The van der Waals surface area contributed by atoms with Gasteiger partial charge in [0.05, 0.1) is 17.8 Å². The van der Waals surface area contributed by atoms with Gasteiger partial charge in [0.15, 0.2) is 0 Å². The fourth-order valence-electron chi connectivity index (χ4n) is 3.36. The number of aliphatic carboxylic acids is 4. The van der Waals surface area contributed by atoms with Crippen molar-refractivity contribution in [3.63, 3.8) is 0 Å². The van der Waals surface area contributed by atoms with Gasteiger partial charge in [-0.25, -0.2) is 4.79 Å². The van der Waals surface area contributed by atoms with Gasteiger partial charge in [0.2, 0.25) is 0 Å². The van der Waals surface area contributed by atoms with Gasteiger partial charge in [-0.2, -0.15) is 0 Å². The highest BCUT2D eigenvalue weighted by Crippen LogP contribution is 2.51. The van der Waals surface area contributed by atoms with Crippen LogP contribution in [0.4, 0.5) is 0 Å². The molecule has 0 aliphatic heterocycles. The maximum Gasteiger partial charge on any atom is 0.331 e. The second-order valence-electron chi connectivity index (χ2n) is 5.03. The molecule has 0 saturated heterocycles. The third-order valence-corrected chi connectivity index (χ3v) is 4.08. The first kappa shape index (κ1) is 14.0. The van der Waals surface area contributed by atoms with Crippen molar-refractivity contribution in [3.8, 4) is 0 Å². The number of hydrogen-bond acceptors (Lipinski definition) is 4. The summed E-state index contributed by atoms with van der Waals surface area (Å²) in [5.41, 5.74) is -0.307. The van der Waals surface area contributed by atoms with Crippen LogP contribution in [0.15, 0.2) is 11.6 Å². The number of carboxylic acids is 4. The Morgan fingerprint density at radius 1 is 0.900 bits per heavy atom. The summed E-state index contributed by atoms with van der Waals surface area (Å²) in [5.74, 6) is -11.8. The summed E-state index contributed by atoms with van der Waals surface area (Å²) in [6.45, 7) is 0. The standard InChI is InChI=1S/C12H12O8/c13-9(14)4-1-3-2-5(10(15)16)7(4)8(12(19)20)6(3)11(17)18/h1,3,5-8H,2H2,(H,13,14)(H,15,16)(H,17,18)(H,19,20). The third kappa shape index (κ3) is 1.93. The molecule has 8 nitrogen and oxygen atoms in total. The minimum absolute atomic E-state index is 0.0580. The number of hydrogen-bond donors (Lipinski definition) is 4. The summed E-state index contributed by atoms with van der Waals surface area (Å²) in [6.07, 6.45) is 1.14. The number of rotatable bonds is 4. The molecule has 1 saturated carbocycles. The van der Waals surface area contributed by atoms with Crippen LogP contribution < -0.4 is 0 Å². The molecular weight excluding hydrogens is 272 g/mol. The minimum Gasteiger partial charge on any atom is -0.481 e. The number of carbonyl (C=O) groups is 4. The van der Waals surface area contributed by atoms with Gasteiger partial charge < -0.3 is 20.4 Å². The number of fused-ring (bicyclic) bond motifs is 2. The van der Waals surface area contributed by atoms with Crippen molar-refractivity contribution in [2.45, 2.75) is 6.42 Å². The molecule has 0 spiro atoms. The molecule has 20 heavy (non-hydrogen) atoms. The van der Waals surface area contributed by atoms with Gasteiger partial charge in [0.1, 0.15) is 0 Å². The zero-order valence-corrected chi connectivity index (χ0v) is 10.1. The van der Waals surface area contributed by atoms with Gasteiger partial charge in [-0.15, -0.1) is 0 Å². The molecule has 3 aliphatic carbocycles. The third-order valence-electron chi connectivity index (χ3n) is 4.08. The Kier molecular flexibility index (Phi) is 3.24. The Morgan fingerprint density at radius 2 is 1.45 bits per heavy atom. The summed E-state index contributed by atoms with van der Waals surface area (Å²) in [4.78, 5) is 44.9. The molecule has 108 valence electrons. The lowest BCUT2D eigenvalue weighted by molar-refractivity contribution is -0.168. The molecule has 2 bridgehead atoms. The van der Waals surface area contributed by atoms with Gasteiger partial charge in [-0.3, -0.25) is 14.4 Å². The van der Waals surface area contributed by atoms with Crippen LogP contribution in [0.25, 0.3) is 0 Å². The van der Waals surface area contributed by atoms with E-state index in [1.807, 2.05) is 0 Å². The minimum atomic E-state index is -1.54. The Morgan fingerprint density at radius 3 is 1.85 bits per heavy atom. The van der Waals surface area contributed by atoms with Gasteiger partial charge >= 0.3 is 23.9 Å². The topological polar surface area (TPSA) is 149 Å². The van der Waals surface area contributed by atoms with Gasteiger partial charge in [0, 0.05) is 11.5 Å². The second kappa shape index (κ2) is 4.62. The highest BCUT2D eigenvalue weighted by atomic mass is 16.4. The first-order valence-corrected chi connectivity index (χ1v) is 5.89. The zero-order valence-electron chi connectivity index (χ0n) is 10.1. The van der Waals surface area contributed by atoms with Crippen LogP contribution in [0, 0.1) is 29.6 Å². The summed E-state index contributed by atoms with van der Waals surface area (Å²) in [7, 11) is 0. The van der Waals surface area contributed by atoms with Crippen molar-refractivity contribution in [2.75, 3.05) is 0 Å². The SMILES string of the molecule is O=C(O)C1=CC2CC(C(=O)O)C1C(C(=O)O)C2C(=O)O. The molecule has 4 N–H and O–H groups in total. The van der Waals surface area contributed by atoms with E-state index in [9.17, 15) is 24.3 Å². The maximum atomic E-state index is 11.3. The average molecular weight is 284 g/mol. The molecule has 5 atom stereocenters. The molecule has 8 heteroatoms. The van der Waals surface area contributed by atoms with E-state index >= 15 is 0 Å². The fraction of sp³-hybridized carbons (Fsp3) is 0.500. The predicted octanol–water partition coefficient (Wildman–Crippen LogP) is -0.250. The van der Waals surface area contributed by atoms with Crippen LogP contribution in [0.2, 0.25) is 0 Å². The lowest BCUT2D eigenvalue weighted by Crippen LogP contribution is -2.53. The van der Waals surface area contributed by atoms with Crippen LogP contribution in [0.5, 0.6) is 0 Å². The molecule has 0 aromatic rings. The van der Waals surface area contributed by atoms with Crippen molar-refractivity contribution in [1.29, 1.82) is 0 Å². The zero-order chi connectivity index (χ0) is 15.2. The molecule has 0 radical (unpaired) electrons. The molecule has 5 unspecified atom stereocenters. The highest BCUT2D eigenvalue weighted by Gasteiger charge is 2.58. The number of carboxylic acid groups (broad SMARTS) is 4. The quantitative estimate of drug-likeness (QED) is 0.552. The Labute approximate surface area is 112 Å². The van der Waals surface area contributed by atoms with Crippen LogP contribution in [-0.4, -0.2) is 44.3 Å². The van der Waals surface area contributed by atoms with Crippen molar-refractivity contribution < 1.29 is 39.6 Å². The van der Waals surface area contributed by atoms with E-state index in [-0.39, 0.29) is 12.0 Å². The summed E-state index contributed by atoms with van der Waals surface area (Å²) in [5, 5.41) is 36.6. The monoisotopic (exact) mass is 284 g/mol. The molecule has 0 heterocycles. The molecule has 3 aliphatic rings. The van der Waals surface area contributed by atoms with Crippen molar-refractivity contribution >= 4 is 23.9 Å². The highest BCUT2D eigenvalue weighted by molar-refractivity contribution is 5.93. The molecule has 0 aromatic carbocycles. The smallest absolute Gasteiger partial charge is 0.331 e. The lowest BCUT2D eigenvalue weighted by atomic mass is 9.55. The summed E-state index contributed by atoms with van der Waals surface area (Å²) < 4.78 is 0. The van der Waals surface area contributed by atoms with Gasteiger partial charge in [-0.1, -0.05) is 6.08 Å². The molecule has 1 fully saturated rings. The van der Waals surface area contributed by atoms with Crippen LogP contribution >= 0.6 is 0 Å². The predicted molar refractivity (Wildman–Crippen MR) is 60.7 cm³/mol. The van der Waals surface area contributed by atoms with Crippen molar-refractivity contribution in [3.05, 3.63) is 11.6 Å². The number of allylic oxidation sites excluding steroid dienone is 1. The first-order chi connectivity index (χ1) is 9.25. The van der Waals surface area contributed by atoms with Crippen molar-refractivity contribution in [2.24, 2.45) is 29.6 Å². The van der Waals surface area contributed by atoms with Crippen molar-refractivity contribution in [1.82, 2.24) is 0 Å². The first-order valence-electron chi connectivity index (χ1n) is 5.89. The van der Waals surface area contributed by atoms with E-state index in [0.717, 1.165) is 0 Å². The summed E-state index contributed by atoms with van der Waals surface area (Å²) >= 11 is 0. The van der Waals surface area contributed by atoms with Gasteiger partial charge in [0.25, 0.3) is 0 Å². The van der Waals surface area contributed by atoms with Crippen LogP contribution in [0.1, 0.15) is 6.42 Å². The Bertz CT molecular complexity index is 534. The maximum absolute atomic E-state index is 11.3. The van der Waals surface area contributed by atoms with E-state index in [2.05, 4.69) is 0 Å². The van der Waals surface area contributed by atoms with E-state index in [4.69, 9.17) is 15.3 Å². The fourth-order valence-corrected chi connectivity index (χ4v) is 3.36. The molecule has 0 amide bonds. The Balaban J connectivity index is 2.57. The molecule has 0 aromatic heterocycles. The average Bonchev–Trinajstić information content (AvgIpc) is 2.36. The molecule has 3 rings (SSSR count). The van der Waals surface area contributed by atoms with Crippen LogP contribution in [0.3, 0.4) is 0 Å².